The van der Waals surface area contributed by atoms with Crippen molar-refractivity contribution in [3.63, 3.8) is 0 Å². The zero-order chi connectivity index (χ0) is 13.8. The van der Waals surface area contributed by atoms with Crippen LogP contribution in [0.1, 0.15) is 23.0 Å². The molecule has 1 aromatic heterocycles. The van der Waals surface area contributed by atoms with E-state index in [2.05, 4.69) is 0 Å². The summed E-state index contributed by atoms with van der Waals surface area (Å²) in [4.78, 5) is 23.7. The highest BCUT2D eigenvalue weighted by atomic mass is 16.5. The molecule has 98 valence electrons. The number of rotatable bonds is 3. The molecule has 0 fully saturated rings. The van der Waals surface area contributed by atoms with Gasteiger partial charge in [0.2, 0.25) is 0 Å². The molecule has 0 unspecified atom stereocenters. The Morgan fingerprint density at radius 3 is 2.53 bits per heavy atom. The lowest BCUT2D eigenvalue weighted by atomic mass is 10.1. The summed E-state index contributed by atoms with van der Waals surface area (Å²) in [7, 11) is 0. The summed E-state index contributed by atoms with van der Waals surface area (Å²) < 4.78 is 6.73. The van der Waals surface area contributed by atoms with E-state index >= 15 is 0 Å². The zero-order valence-electron chi connectivity index (χ0n) is 10.9. The van der Waals surface area contributed by atoms with Crippen LogP contribution in [0.4, 0.5) is 0 Å². The summed E-state index contributed by atoms with van der Waals surface area (Å²) >= 11 is 0. The Bertz CT molecular complexity index is 644. The van der Waals surface area contributed by atoms with Gasteiger partial charge in [-0.3, -0.25) is 4.79 Å². The maximum Gasteiger partial charge on any atom is 0.343 e. The standard InChI is InChI=1S/C15H15NO3/c1-3-19-15(18)14-11(2)16(10-9-13(14)17)12-7-5-4-6-8-12/h4-10H,3H2,1-2H3. The van der Waals surface area contributed by atoms with Gasteiger partial charge in [0.15, 0.2) is 5.43 Å². The third kappa shape index (κ3) is 2.57. The monoisotopic (exact) mass is 257 g/mol. The number of pyridine rings is 1. The molecule has 0 aliphatic rings. The van der Waals surface area contributed by atoms with E-state index in [1.165, 1.54) is 6.07 Å². The molecule has 0 aliphatic heterocycles. The normalized spacial score (nSPS) is 10.2. The first kappa shape index (κ1) is 13.1. The van der Waals surface area contributed by atoms with Crippen LogP contribution in [0.2, 0.25) is 0 Å². The van der Waals surface area contributed by atoms with Crippen LogP contribution in [-0.4, -0.2) is 17.1 Å². The van der Waals surface area contributed by atoms with Gasteiger partial charge in [-0.1, -0.05) is 18.2 Å². The van der Waals surface area contributed by atoms with Crippen molar-refractivity contribution in [2.24, 2.45) is 0 Å². The fraction of sp³-hybridized carbons (Fsp3) is 0.200. The summed E-state index contributed by atoms with van der Waals surface area (Å²) in [5.74, 6) is -0.574. The predicted molar refractivity (Wildman–Crippen MR) is 72.7 cm³/mol. The molecular weight excluding hydrogens is 242 g/mol. The predicted octanol–water partition coefficient (Wildman–Crippen LogP) is 2.32. The molecule has 2 aromatic rings. The Kier molecular flexibility index (Phi) is 3.80. The van der Waals surface area contributed by atoms with E-state index in [9.17, 15) is 9.59 Å². The average molecular weight is 257 g/mol. The average Bonchev–Trinajstić information content (AvgIpc) is 2.40. The van der Waals surface area contributed by atoms with Crippen LogP contribution in [0.5, 0.6) is 0 Å². The second-order valence-electron chi connectivity index (χ2n) is 4.07. The molecule has 0 radical (unpaired) electrons. The molecule has 1 aromatic carbocycles. The molecule has 0 N–H and O–H groups in total. The van der Waals surface area contributed by atoms with Crippen molar-refractivity contribution in [1.29, 1.82) is 0 Å². The van der Waals surface area contributed by atoms with Gasteiger partial charge in [-0.15, -0.1) is 0 Å². The lowest BCUT2D eigenvalue weighted by Crippen LogP contribution is -2.22. The van der Waals surface area contributed by atoms with Gasteiger partial charge < -0.3 is 9.30 Å². The van der Waals surface area contributed by atoms with E-state index in [1.807, 2.05) is 30.3 Å². The summed E-state index contributed by atoms with van der Waals surface area (Å²) in [5, 5.41) is 0. The third-order valence-electron chi connectivity index (χ3n) is 2.86. The molecule has 0 saturated carbocycles. The van der Waals surface area contributed by atoms with Crippen molar-refractivity contribution in [3.8, 4) is 5.69 Å². The second-order valence-corrected chi connectivity index (χ2v) is 4.07. The highest BCUT2D eigenvalue weighted by Gasteiger charge is 2.16. The second kappa shape index (κ2) is 5.52. The van der Waals surface area contributed by atoms with Crippen LogP contribution < -0.4 is 5.43 Å². The summed E-state index contributed by atoms with van der Waals surface area (Å²) in [6.07, 6.45) is 1.66. The molecule has 4 nitrogen and oxygen atoms in total. The Hall–Kier alpha value is -2.36. The van der Waals surface area contributed by atoms with Crippen LogP contribution in [0, 0.1) is 6.92 Å². The van der Waals surface area contributed by atoms with Gasteiger partial charge in [-0.25, -0.2) is 4.79 Å². The van der Waals surface area contributed by atoms with Crippen LogP contribution in [0.15, 0.2) is 47.4 Å². The Morgan fingerprint density at radius 2 is 1.89 bits per heavy atom. The van der Waals surface area contributed by atoms with Gasteiger partial charge in [-0.05, 0) is 26.0 Å². The van der Waals surface area contributed by atoms with E-state index in [0.29, 0.717) is 5.69 Å². The Balaban J connectivity index is 2.58. The quantitative estimate of drug-likeness (QED) is 0.793. The fourth-order valence-corrected chi connectivity index (χ4v) is 1.96. The van der Waals surface area contributed by atoms with Crippen molar-refractivity contribution in [2.45, 2.75) is 13.8 Å². The molecule has 0 bridgehead atoms. The lowest BCUT2D eigenvalue weighted by Gasteiger charge is -2.13. The van der Waals surface area contributed by atoms with E-state index in [4.69, 9.17) is 4.74 Å². The van der Waals surface area contributed by atoms with Crippen molar-refractivity contribution in [3.05, 3.63) is 64.1 Å². The lowest BCUT2D eigenvalue weighted by molar-refractivity contribution is 0.0523. The maximum absolute atomic E-state index is 11.8. The molecular formula is C15H15NO3. The summed E-state index contributed by atoms with van der Waals surface area (Å²) in [5.41, 5.74) is 1.25. The number of carbonyl (C=O) groups is 1. The number of nitrogens with zero attached hydrogens (tertiary/aromatic N) is 1. The number of aromatic nitrogens is 1. The SMILES string of the molecule is CCOC(=O)c1c(C)n(-c2ccccc2)ccc1=O. The molecule has 19 heavy (non-hydrogen) atoms. The molecule has 0 amide bonds. The number of esters is 1. The summed E-state index contributed by atoms with van der Waals surface area (Å²) in [6, 6.07) is 10.9. The van der Waals surface area contributed by atoms with Crippen LogP contribution >= 0.6 is 0 Å². The fourth-order valence-electron chi connectivity index (χ4n) is 1.96. The largest absolute Gasteiger partial charge is 0.462 e. The number of para-hydroxylation sites is 1. The van der Waals surface area contributed by atoms with Gasteiger partial charge in [0.1, 0.15) is 5.56 Å². The van der Waals surface area contributed by atoms with Crippen molar-refractivity contribution in [1.82, 2.24) is 4.57 Å². The van der Waals surface area contributed by atoms with Crippen LogP contribution in [0.3, 0.4) is 0 Å². The highest BCUT2D eigenvalue weighted by molar-refractivity contribution is 5.90. The van der Waals surface area contributed by atoms with E-state index < -0.39 is 5.97 Å². The minimum atomic E-state index is -0.574. The Labute approximate surface area is 111 Å². The molecule has 0 aliphatic carbocycles. The van der Waals surface area contributed by atoms with E-state index in [0.717, 1.165) is 5.69 Å². The molecule has 0 atom stereocenters. The van der Waals surface area contributed by atoms with Crippen LogP contribution in [-0.2, 0) is 4.74 Å². The summed E-state index contributed by atoms with van der Waals surface area (Å²) in [6.45, 7) is 3.70. The maximum atomic E-state index is 11.8. The molecule has 0 spiro atoms. The number of hydrogen-bond donors (Lipinski definition) is 0. The molecule has 0 saturated heterocycles. The minimum absolute atomic E-state index is 0.0909. The highest BCUT2D eigenvalue weighted by Crippen LogP contribution is 2.12. The number of hydrogen-bond acceptors (Lipinski definition) is 3. The molecule has 1 heterocycles. The van der Waals surface area contributed by atoms with Crippen molar-refractivity contribution in [2.75, 3.05) is 6.61 Å². The molecule has 4 heteroatoms. The Morgan fingerprint density at radius 1 is 1.21 bits per heavy atom. The van der Waals surface area contributed by atoms with Gasteiger partial charge in [0, 0.05) is 23.6 Å². The van der Waals surface area contributed by atoms with Crippen molar-refractivity contribution >= 4 is 5.97 Å². The van der Waals surface area contributed by atoms with Gasteiger partial charge in [0.25, 0.3) is 0 Å². The third-order valence-corrected chi connectivity index (χ3v) is 2.86. The first-order valence-electron chi connectivity index (χ1n) is 6.10. The smallest absolute Gasteiger partial charge is 0.343 e. The number of benzene rings is 1. The van der Waals surface area contributed by atoms with Crippen LogP contribution in [0.25, 0.3) is 5.69 Å². The van der Waals surface area contributed by atoms with Gasteiger partial charge in [0.05, 0.1) is 6.61 Å². The zero-order valence-corrected chi connectivity index (χ0v) is 10.9. The van der Waals surface area contributed by atoms with Crippen molar-refractivity contribution < 1.29 is 9.53 Å². The van der Waals surface area contributed by atoms with E-state index in [1.54, 1.807) is 24.6 Å². The number of carbonyl (C=O) groups excluding carboxylic acids is 1. The number of ether oxygens (including phenoxy) is 1. The first-order chi connectivity index (χ1) is 9.15. The topological polar surface area (TPSA) is 48.3 Å². The first-order valence-corrected chi connectivity index (χ1v) is 6.10. The van der Waals surface area contributed by atoms with E-state index in [-0.39, 0.29) is 17.6 Å². The van der Waals surface area contributed by atoms with Gasteiger partial charge in [-0.2, -0.15) is 0 Å². The van der Waals surface area contributed by atoms with Gasteiger partial charge >= 0.3 is 5.97 Å². The minimum Gasteiger partial charge on any atom is -0.462 e. The molecule has 2 rings (SSSR count).